The molecule has 0 bridgehead atoms. The van der Waals surface area contributed by atoms with Crippen LogP contribution in [0.1, 0.15) is 49.3 Å². The zero-order chi connectivity index (χ0) is 26.2. The standard InChI is InChI=1S/C27H36N7OPS/c1-17(2)37(35,36)24-8-6-5-7-22(24)31-27-33-26(32-25-11-14-29-34(25)27)30-23-16-18(3)21(15-19(23)4)20-9-12-28-13-10-20/h5-8,11,14-17,20,28,37H,9-10,12-13,36H2,1-4H3,(H2,30,31,32,33). The van der Waals surface area contributed by atoms with Crippen molar-refractivity contribution in [1.82, 2.24) is 24.9 Å². The third kappa shape index (κ3) is 5.26. The van der Waals surface area contributed by atoms with E-state index < -0.39 is 9.55 Å². The van der Waals surface area contributed by atoms with Crippen LogP contribution in [0.15, 0.2) is 53.6 Å². The zero-order valence-electron chi connectivity index (χ0n) is 21.8. The van der Waals surface area contributed by atoms with Crippen LogP contribution in [0.2, 0.25) is 0 Å². The van der Waals surface area contributed by atoms with E-state index in [9.17, 15) is 4.21 Å². The molecule has 2 aromatic carbocycles. The number of anilines is 4. The lowest BCUT2D eigenvalue weighted by atomic mass is 9.86. The van der Waals surface area contributed by atoms with Gasteiger partial charge < -0.3 is 16.0 Å². The number of aromatic nitrogens is 4. The molecule has 196 valence electrons. The number of benzene rings is 2. The van der Waals surface area contributed by atoms with Crippen molar-refractivity contribution in [3.05, 3.63) is 65.4 Å². The second kappa shape index (κ2) is 10.5. The van der Waals surface area contributed by atoms with Crippen LogP contribution < -0.4 is 16.0 Å². The van der Waals surface area contributed by atoms with E-state index in [0.717, 1.165) is 34.9 Å². The van der Waals surface area contributed by atoms with Gasteiger partial charge in [0.1, 0.15) is 0 Å². The van der Waals surface area contributed by atoms with E-state index in [1.54, 1.807) is 10.7 Å². The van der Waals surface area contributed by atoms with E-state index in [1.807, 2.05) is 44.2 Å². The lowest BCUT2D eigenvalue weighted by Crippen LogP contribution is -2.27. The molecule has 37 heavy (non-hydrogen) atoms. The smallest absolute Gasteiger partial charge is 0.233 e. The predicted octanol–water partition coefficient (Wildman–Crippen LogP) is 5.27. The van der Waals surface area contributed by atoms with E-state index in [2.05, 4.69) is 60.5 Å². The molecule has 0 amide bonds. The van der Waals surface area contributed by atoms with Crippen LogP contribution in [0.3, 0.4) is 0 Å². The second-order valence-corrected chi connectivity index (χ2v) is 15.3. The maximum Gasteiger partial charge on any atom is 0.233 e. The first-order chi connectivity index (χ1) is 17.7. The highest BCUT2D eigenvalue weighted by atomic mass is 32.8. The van der Waals surface area contributed by atoms with Crippen LogP contribution in [-0.4, -0.2) is 42.1 Å². The van der Waals surface area contributed by atoms with Crippen molar-refractivity contribution in [3.63, 3.8) is 0 Å². The highest BCUT2D eigenvalue weighted by molar-refractivity contribution is 8.45. The molecule has 8 nitrogen and oxygen atoms in total. The highest BCUT2D eigenvalue weighted by Gasteiger charge is 2.22. The Kier molecular flexibility index (Phi) is 7.30. The number of hydrogen-bond donors (Lipinski definition) is 4. The minimum absolute atomic E-state index is 0.00754. The second-order valence-electron chi connectivity index (χ2n) is 10.1. The van der Waals surface area contributed by atoms with Gasteiger partial charge in [-0.05, 0) is 80.6 Å². The summed E-state index contributed by atoms with van der Waals surface area (Å²) in [5.74, 6) is 1.57. The molecule has 3 N–H and O–H groups in total. The summed E-state index contributed by atoms with van der Waals surface area (Å²) in [6.07, 6.45) is 4.04. The van der Waals surface area contributed by atoms with Crippen LogP contribution in [0.25, 0.3) is 5.65 Å². The number of thiol groups is 1. The van der Waals surface area contributed by atoms with Gasteiger partial charge in [-0.3, -0.25) is 4.21 Å². The molecule has 10 heteroatoms. The molecule has 1 aliphatic rings. The van der Waals surface area contributed by atoms with Gasteiger partial charge in [0.05, 0.1) is 11.9 Å². The number of nitrogens with one attached hydrogen (secondary N) is 3. The number of fused-ring (bicyclic) bond motifs is 1. The zero-order valence-corrected chi connectivity index (χ0v) is 23.9. The van der Waals surface area contributed by atoms with Crippen LogP contribution in [0.5, 0.6) is 0 Å². The molecule has 1 atom stereocenters. The van der Waals surface area contributed by atoms with Crippen molar-refractivity contribution in [3.8, 4) is 0 Å². The fourth-order valence-electron chi connectivity index (χ4n) is 4.91. The lowest BCUT2D eigenvalue weighted by molar-refractivity contribution is 0.459. The molecule has 0 radical (unpaired) electrons. The maximum atomic E-state index is 13.5. The average Bonchev–Trinajstić information content (AvgIpc) is 3.36. The molecule has 1 aliphatic heterocycles. The average molecular weight is 538 g/mol. The Balaban J connectivity index is 1.48. The molecule has 1 saturated heterocycles. The first kappa shape index (κ1) is 25.8. The van der Waals surface area contributed by atoms with Crippen LogP contribution in [-0.2, 0) is 9.55 Å². The van der Waals surface area contributed by atoms with Crippen molar-refractivity contribution in [2.75, 3.05) is 23.7 Å². The molecule has 0 aliphatic carbocycles. The quantitative estimate of drug-likeness (QED) is 0.188. The number of piperidine rings is 1. The molecule has 3 heterocycles. The van der Waals surface area contributed by atoms with Crippen LogP contribution >= 0.6 is 8.44 Å². The van der Waals surface area contributed by atoms with Crippen molar-refractivity contribution < 1.29 is 4.21 Å². The molecule has 0 spiro atoms. The number of aryl methyl sites for hydroxylation is 2. The van der Waals surface area contributed by atoms with Gasteiger partial charge in [-0.15, -0.1) is 0 Å². The van der Waals surface area contributed by atoms with E-state index in [0.29, 0.717) is 23.5 Å². The Hall–Kier alpha value is -2.87. The van der Waals surface area contributed by atoms with Gasteiger partial charge >= 0.3 is 0 Å². The largest absolute Gasteiger partial charge is 0.324 e. The fraction of sp³-hybridized carbons (Fsp3) is 0.370. The Labute approximate surface area is 221 Å². The lowest BCUT2D eigenvalue weighted by Gasteiger charge is -2.26. The highest BCUT2D eigenvalue weighted by Crippen LogP contribution is 2.37. The van der Waals surface area contributed by atoms with E-state index >= 15 is 0 Å². The summed E-state index contributed by atoms with van der Waals surface area (Å²) in [5, 5.41) is 14.7. The van der Waals surface area contributed by atoms with Gasteiger partial charge in [0.15, 0.2) is 5.65 Å². The summed E-state index contributed by atoms with van der Waals surface area (Å²) in [5.41, 5.74) is 6.27. The Morgan fingerprint density at radius 3 is 2.54 bits per heavy atom. The van der Waals surface area contributed by atoms with Gasteiger partial charge in [0.25, 0.3) is 0 Å². The molecule has 5 rings (SSSR count). The predicted molar refractivity (Wildman–Crippen MR) is 157 cm³/mol. The first-order valence-electron chi connectivity index (χ1n) is 12.8. The van der Waals surface area contributed by atoms with E-state index in [1.165, 1.54) is 24.0 Å². The minimum Gasteiger partial charge on any atom is -0.324 e. The number of nitrogens with zero attached hydrogens (tertiary/aromatic N) is 4. The molecular formula is C27H36N7OPS. The van der Waals surface area contributed by atoms with E-state index in [-0.39, 0.29) is 5.25 Å². The normalized spacial score (nSPS) is 15.3. The first-order valence-corrected chi connectivity index (χ1v) is 16.2. The van der Waals surface area contributed by atoms with Crippen molar-refractivity contribution in [2.24, 2.45) is 0 Å². The van der Waals surface area contributed by atoms with Crippen molar-refractivity contribution in [2.45, 2.75) is 56.6 Å². The molecule has 0 saturated carbocycles. The molecule has 1 fully saturated rings. The Morgan fingerprint density at radius 1 is 1.03 bits per heavy atom. The topological polar surface area (TPSA) is 96.2 Å². The van der Waals surface area contributed by atoms with Crippen molar-refractivity contribution >= 4 is 46.9 Å². The summed E-state index contributed by atoms with van der Waals surface area (Å²) >= 11 is 0. The van der Waals surface area contributed by atoms with Gasteiger partial charge in [0, 0.05) is 21.9 Å². The molecule has 1 unspecified atom stereocenters. The summed E-state index contributed by atoms with van der Waals surface area (Å²) in [7, 11) is -0.0870. The Bertz CT molecular complexity index is 1480. The number of hydrogen-bond acceptors (Lipinski definition) is 7. The van der Waals surface area contributed by atoms with Gasteiger partial charge in [-0.2, -0.15) is 19.6 Å². The van der Waals surface area contributed by atoms with E-state index in [4.69, 9.17) is 4.98 Å². The minimum atomic E-state index is -2.67. The monoisotopic (exact) mass is 537 g/mol. The summed E-state index contributed by atoms with van der Waals surface area (Å²) in [6.45, 7) is 10.4. The Morgan fingerprint density at radius 2 is 1.78 bits per heavy atom. The van der Waals surface area contributed by atoms with Crippen molar-refractivity contribution in [1.29, 1.82) is 0 Å². The summed E-state index contributed by atoms with van der Waals surface area (Å²) in [4.78, 5) is 10.2. The van der Waals surface area contributed by atoms with Gasteiger partial charge in [0.2, 0.25) is 11.9 Å². The van der Waals surface area contributed by atoms with Gasteiger partial charge in [-0.25, -0.2) is 0 Å². The van der Waals surface area contributed by atoms with Crippen LogP contribution in [0, 0.1) is 13.8 Å². The van der Waals surface area contributed by atoms with Crippen LogP contribution in [0.4, 0.5) is 23.3 Å². The SMILES string of the molecule is Cc1cc(C2CCNCC2)c(C)cc1Nc1nc(Nc2ccccc2[SH](=O)(P)C(C)C)n2nccc2n1. The number of para-hydroxylation sites is 1. The van der Waals surface area contributed by atoms with Gasteiger partial charge in [-0.1, -0.05) is 50.0 Å². The molecule has 4 aromatic rings. The molecular weight excluding hydrogens is 501 g/mol. The third-order valence-electron chi connectivity index (χ3n) is 7.19. The summed E-state index contributed by atoms with van der Waals surface area (Å²) < 4.78 is 15.2. The fourth-order valence-corrected chi connectivity index (χ4v) is 6.97. The maximum absolute atomic E-state index is 13.5. The molecule has 2 aromatic heterocycles. The summed E-state index contributed by atoms with van der Waals surface area (Å²) in [6, 6.07) is 14.0. The number of rotatable bonds is 7. The third-order valence-corrected chi connectivity index (χ3v) is 12.5.